The van der Waals surface area contributed by atoms with Crippen molar-refractivity contribution in [3.05, 3.63) is 56.3 Å². The van der Waals surface area contributed by atoms with E-state index in [0.717, 1.165) is 42.7 Å². The van der Waals surface area contributed by atoms with E-state index in [-0.39, 0.29) is 30.1 Å². The van der Waals surface area contributed by atoms with Crippen LogP contribution in [0.1, 0.15) is 59.4 Å². The van der Waals surface area contributed by atoms with Crippen LogP contribution in [0.25, 0.3) is 22.6 Å². The first-order valence-electron chi connectivity index (χ1n) is 18.6. The molecule has 17 heteroatoms. The van der Waals surface area contributed by atoms with Crippen LogP contribution in [0.15, 0.2) is 18.2 Å². The maximum absolute atomic E-state index is 14.7. The predicted octanol–water partition coefficient (Wildman–Crippen LogP) is 5.48. The van der Waals surface area contributed by atoms with Crippen LogP contribution in [-0.4, -0.2) is 85.2 Å². The van der Waals surface area contributed by atoms with Gasteiger partial charge < -0.3 is 24.8 Å². The highest BCUT2D eigenvalue weighted by molar-refractivity contribution is 7.16. The minimum atomic E-state index is -0.908. The molecule has 0 radical (unpaired) electrons. The van der Waals surface area contributed by atoms with Crippen LogP contribution in [0.3, 0.4) is 0 Å². The van der Waals surface area contributed by atoms with E-state index >= 15 is 0 Å². The van der Waals surface area contributed by atoms with Gasteiger partial charge in [0, 0.05) is 56.5 Å². The standard InChI is InChI=1S/C38H37ClF2N12OS/c1-49-25-6-2-5-24(41)30(25)45-35(49)31-29(39)26-17-50(10-4-12-53(26)48-31)33-23(15-43)34(47-36(46-33)54-20-38-8-3-11-52(38)16-21(40)13-38)51-18-37(19-51)9-7-27-28(37)22(14-42)32(44)55-27/h2,5-6,21H,3-4,7-13,16-20,44H2,1H3/t21-,38+/m1/s1. The first kappa shape index (κ1) is 34.5. The van der Waals surface area contributed by atoms with E-state index in [1.54, 1.807) is 16.7 Å². The molecule has 4 aliphatic heterocycles. The van der Waals surface area contributed by atoms with Crippen molar-refractivity contribution in [1.29, 1.82) is 10.5 Å². The number of nitrogens with zero attached hydrogens (tertiary/aromatic N) is 11. The number of ether oxygens (including phenoxy) is 1. The van der Waals surface area contributed by atoms with E-state index < -0.39 is 17.5 Å². The molecule has 2 atom stereocenters. The van der Waals surface area contributed by atoms with E-state index in [9.17, 15) is 19.3 Å². The molecule has 0 amide bonds. The molecule has 10 rings (SSSR count). The molecule has 1 aromatic carbocycles. The minimum absolute atomic E-state index is 0.129. The van der Waals surface area contributed by atoms with Gasteiger partial charge in [-0.1, -0.05) is 17.7 Å². The Labute approximate surface area is 324 Å². The zero-order valence-electron chi connectivity index (χ0n) is 30.2. The molecule has 0 saturated carbocycles. The third-order valence-electron chi connectivity index (χ3n) is 12.5. The zero-order valence-corrected chi connectivity index (χ0v) is 31.7. The number of halogens is 3. The molecule has 3 saturated heterocycles. The van der Waals surface area contributed by atoms with Gasteiger partial charge in [-0.05, 0) is 56.3 Å². The van der Waals surface area contributed by atoms with E-state index in [1.165, 1.54) is 17.4 Å². The third kappa shape index (κ3) is 5.14. The molecule has 55 heavy (non-hydrogen) atoms. The van der Waals surface area contributed by atoms with Gasteiger partial charge in [-0.3, -0.25) is 9.58 Å². The monoisotopic (exact) mass is 782 g/mol. The largest absolute Gasteiger partial charge is 0.461 e. The quantitative estimate of drug-likeness (QED) is 0.233. The Morgan fingerprint density at radius 2 is 1.85 bits per heavy atom. The van der Waals surface area contributed by atoms with Crippen molar-refractivity contribution < 1.29 is 13.5 Å². The summed E-state index contributed by atoms with van der Waals surface area (Å²) < 4.78 is 39.5. The number of fused-ring (bicyclic) bond motifs is 5. The van der Waals surface area contributed by atoms with Gasteiger partial charge >= 0.3 is 6.01 Å². The number of alkyl halides is 1. The average Bonchev–Trinajstić information content (AvgIpc) is 3.96. The van der Waals surface area contributed by atoms with Crippen molar-refractivity contribution >= 4 is 50.6 Å². The smallest absolute Gasteiger partial charge is 0.320 e. The van der Waals surface area contributed by atoms with Gasteiger partial charge in [-0.2, -0.15) is 25.6 Å². The van der Waals surface area contributed by atoms with E-state index in [1.807, 2.05) is 16.6 Å². The van der Waals surface area contributed by atoms with Crippen molar-refractivity contribution in [2.24, 2.45) is 7.05 Å². The Morgan fingerprint density at radius 1 is 1.05 bits per heavy atom. The number of thiophene rings is 1. The van der Waals surface area contributed by atoms with Crippen LogP contribution in [0, 0.1) is 28.5 Å². The summed E-state index contributed by atoms with van der Waals surface area (Å²) in [5, 5.41) is 26.6. The number of imidazole rings is 1. The first-order chi connectivity index (χ1) is 26.6. The maximum Gasteiger partial charge on any atom is 0.320 e. The summed E-state index contributed by atoms with van der Waals surface area (Å²) in [6, 6.07) is 9.72. The molecule has 0 bridgehead atoms. The Morgan fingerprint density at radius 3 is 2.64 bits per heavy atom. The van der Waals surface area contributed by atoms with Crippen molar-refractivity contribution in [3.8, 4) is 29.7 Å². The highest BCUT2D eigenvalue weighted by Gasteiger charge is 2.53. The minimum Gasteiger partial charge on any atom is -0.461 e. The van der Waals surface area contributed by atoms with Gasteiger partial charge in [0.05, 0.1) is 33.9 Å². The number of nitriles is 2. The molecule has 4 aromatic heterocycles. The van der Waals surface area contributed by atoms with Crippen molar-refractivity contribution in [1.82, 2.24) is 34.2 Å². The number of aromatic nitrogens is 6. The summed E-state index contributed by atoms with van der Waals surface area (Å²) in [7, 11) is 1.81. The summed E-state index contributed by atoms with van der Waals surface area (Å²) in [6.07, 6.45) is 3.72. The number of hydrogen-bond donors (Lipinski definition) is 1. The van der Waals surface area contributed by atoms with Crippen LogP contribution < -0.4 is 20.3 Å². The van der Waals surface area contributed by atoms with Gasteiger partial charge in [-0.15, -0.1) is 11.3 Å². The lowest BCUT2D eigenvalue weighted by Gasteiger charge is -2.49. The molecule has 3 fully saturated rings. The fraction of sp³-hybridized carbons (Fsp3) is 0.474. The van der Waals surface area contributed by atoms with Gasteiger partial charge in [-0.25, -0.2) is 13.8 Å². The van der Waals surface area contributed by atoms with Crippen molar-refractivity contribution in [3.63, 3.8) is 0 Å². The number of benzene rings is 1. The van der Waals surface area contributed by atoms with Gasteiger partial charge in [0.2, 0.25) is 0 Å². The Hall–Kier alpha value is -5.03. The third-order valence-corrected chi connectivity index (χ3v) is 13.9. The summed E-state index contributed by atoms with van der Waals surface area (Å²) in [6.45, 7) is 3.99. The fourth-order valence-electron chi connectivity index (χ4n) is 9.86. The molecule has 282 valence electrons. The lowest BCUT2D eigenvalue weighted by molar-refractivity contribution is 0.107. The molecule has 5 aromatic rings. The number of anilines is 3. The Kier molecular flexibility index (Phi) is 7.83. The normalized spacial score (nSPS) is 22.7. The molecule has 13 nitrogen and oxygen atoms in total. The molecule has 8 heterocycles. The van der Waals surface area contributed by atoms with Crippen LogP contribution in [0.4, 0.5) is 25.4 Å². The second kappa shape index (κ2) is 12.5. The molecule has 0 unspecified atom stereocenters. The van der Waals surface area contributed by atoms with Crippen LogP contribution >= 0.6 is 22.9 Å². The molecule has 2 N–H and O–H groups in total. The van der Waals surface area contributed by atoms with Crippen molar-refractivity contribution in [2.45, 2.75) is 68.7 Å². The molecular weight excluding hydrogens is 746 g/mol. The summed E-state index contributed by atoms with van der Waals surface area (Å²) in [4.78, 5) is 21.8. The highest BCUT2D eigenvalue weighted by atomic mass is 35.5. The topological polar surface area (TPSA) is 154 Å². The summed E-state index contributed by atoms with van der Waals surface area (Å²) in [5.41, 5.74) is 9.54. The number of para-hydroxylation sites is 1. The number of aryl methyl sites for hydroxylation is 3. The number of nitrogens with two attached hydrogens (primary N) is 1. The second-order valence-electron chi connectivity index (χ2n) is 15.6. The molecule has 5 aliphatic rings. The molecule has 1 spiro atoms. The van der Waals surface area contributed by atoms with E-state index in [0.29, 0.717) is 101 Å². The summed E-state index contributed by atoms with van der Waals surface area (Å²) >= 11 is 8.62. The lowest BCUT2D eigenvalue weighted by Crippen LogP contribution is -2.59. The SMILES string of the molecule is Cn1c(-c2nn3c(c2Cl)CN(c2nc(OC[C@@]45CCCN4C[C@H](F)C5)nc(N4CC5(CCc6sc(N)c(C#N)c65)C4)c2C#N)CCC3)nc2c(F)cccc21. The van der Waals surface area contributed by atoms with Gasteiger partial charge in [0.15, 0.2) is 23.3 Å². The maximum atomic E-state index is 14.7. The molecule has 1 aliphatic carbocycles. The van der Waals surface area contributed by atoms with Crippen LogP contribution in [0.2, 0.25) is 5.02 Å². The molecular formula is C38H37ClF2N12OS. The number of nitrogen functional groups attached to an aromatic ring is 1. The Balaban J connectivity index is 1.02. The predicted molar refractivity (Wildman–Crippen MR) is 204 cm³/mol. The second-order valence-corrected chi connectivity index (χ2v) is 17.1. The first-order valence-corrected chi connectivity index (χ1v) is 19.8. The average molecular weight is 783 g/mol. The summed E-state index contributed by atoms with van der Waals surface area (Å²) in [5.74, 6) is 0.908. The van der Waals surface area contributed by atoms with Gasteiger partial charge in [0.25, 0.3) is 0 Å². The van der Waals surface area contributed by atoms with Crippen LogP contribution in [0.5, 0.6) is 6.01 Å². The van der Waals surface area contributed by atoms with E-state index in [4.69, 9.17) is 37.1 Å². The number of hydrogen-bond acceptors (Lipinski definition) is 12. The highest BCUT2D eigenvalue weighted by Crippen LogP contribution is 2.53. The van der Waals surface area contributed by atoms with Gasteiger partial charge in [0.1, 0.15) is 46.7 Å². The number of rotatable bonds is 6. The Bertz CT molecular complexity index is 2490. The van der Waals surface area contributed by atoms with Crippen molar-refractivity contribution in [2.75, 3.05) is 54.9 Å². The zero-order chi connectivity index (χ0) is 37.8. The van der Waals surface area contributed by atoms with E-state index in [2.05, 4.69) is 26.9 Å². The fourth-order valence-corrected chi connectivity index (χ4v) is 11.3. The lowest BCUT2D eigenvalue weighted by atomic mass is 9.74. The van der Waals surface area contributed by atoms with Crippen LogP contribution in [-0.2, 0) is 32.0 Å².